The lowest BCUT2D eigenvalue weighted by molar-refractivity contribution is -0.122. The Kier molecular flexibility index (Phi) is 5.91. The number of hydrogen-bond donors (Lipinski definition) is 3. The lowest BCUT2D eigenvalue weighted by Gasteiger charge is -2.27. The number of aryl methyl sites for hydroxylation is 2. The minimum Gasteiger partial charge on any atom is -0.349 e. The lowest BCUT2D eigenvalue weighted by Crippen LogP contribution is -2.31. The number of rotatable bonds is 6. The minimum atomic E-state index is -0.549. The molecule has 1 atom stereocenters. The molecule has 2 heterocycles. The van der Waals surface area contributed by atoms with E-state index < -0.39 is 11.2 Å². The number of nitrogens with zero attached hydrogens (tertiary/aromatic N) is 2. The van der Waals surface area contributed by atoms with Gasteiger partial charge >= 0.3 is 5.69 Å². The predicted molar refractivity (Wildman–Crippen MR) is 112 cm³/mol. The number of H-pyrrole nitrogens is 2. The molecule has 1 unspecified atom stereocenters. The van der Waals surface area contributed by atoms with E-state index in [0.29, 0.717) is 12.2 Å². The highest BCUT2D eigenvalue weighted by molar-refractivity contribution is 5.77. The fraction of sp³-hybridized carbons (Fsp3) is 0.429. The molecule has 0 fully saturated rings. The van der Waals surface area contributed by atoms with Crippen molar-refractivity contribution in [2.45, 2.75) is 46.1 Å². The van der Waals surface area contributed by atoms with Crippen LogP contribution in [0.5, 0.6) is 0 Å². The summed E-state index contributed by atoms with van der Waals surface area (Å²) < 4.78 is 14.5. The Morgan fingerprint density at radius 3 is 2.50 bits per heavy atom. The van der Waals surface area contributed by atoms with Crippen LogP contribution in [0.4, 0.5) is 4.39 Å². The SMILES string of the molecule is Cn1c(=O)[nH]c(=O)c2[nH]c(CCC(=O)NC(CC(C)(C)C)c3ccc(F)cc3)nc21. The molecule has 0 bridgehead atoms. The van der Waals surface area contributed by atoms with Crippen molar-refractivity contribution >= 4 is 17.1 Å². The van der Waals surface area contributed by atoms with Gasteiger partial charge in [-0.3, -0.25) is 19.1 Å². The first-order valence-corrected chi connectivity index (χ1v) is 9.76. The molecule has 2 aromatic heterocycles. The van der Waals surface area contributed by atoms with Crippen molar-refractivity contribution < 1.29 is 9.18 Å². The number of aromatic nitrogens is 4. The Hall–Kier alpha value is -3.23. The maximum absolute atomic E-state index is 13.3. The molecule has 0 spiro atoms. The van der Waals surface area contributed by atoms with E-state index in [0.717, 1.165) is 5.56 Å². The predicted octanol–water partition coefficient (Wildman–Crippen LogP) is 2.32. The van der Waals surface area contributed by atoms with Crippen LogP contribution in [0.15, 0.2) is 33.9 Å². The standard InChI is InChI=1S/C21H26FN5O3/c1-21(2,3)11-14(12-5-7-13(22)8-6-12)23-16(28)10-9-15-24-17-18(25-15)27(4)20(30)26-19(17)29/h5-8,14H,9-11H2,1-4H3,(H,23,28)(H,24,25)(H,26,29,30). The topological polar surface area (TPSA) is 113 Å². The van der Waals surface area contributed by atoms with Gasteiger partial charge in [0.25, 0.3) is 5.56 Å². The quantitative estimate of drug-likeness (QED) is 0.573. The number of amides is 1. The molecule has 0 saturated carbocycles. The Balaban J connectivity index is 1.72. The number of carbonyl (C=O) groups excluding carboxylic acids is 1. The van der Waals surface area contributed by atoms with E-state index in [1.807, 2.05) is 0 Å². The highest BCUT2D eigenvalue weighted by Gasteiger charge is 2.22. The molecule has 0 aliphatic carbocycles. The molecule has 30 heavy (non-hydrogen) atoms. The van der Waals surface area contributed by atoms with Crippen molar-refractivity contribution in [1.29, 1.82) is 0 Å². The molecule has 0 radical (unpaired) electrons. The monoisotopic (exact) mass is 415 g/mol. The summed E-state index contributed by atoms with van der Waals surface area (Å²) in [5.41, 5.74) is 0.146. The number of imidazole rings is 1. The summed E-state index contributed by atoms with van der Waals surface area (Å²) >= 11 is 0. The molecule has 3 rings (SSSR count). The summed E-state index contributed by atoms with van der Waals surface area (Å²) in [6, 6.07) is 5.87. The van der Waals surface area contributed by atoms with Crippen molar-refractivity contribution in [2.75, 3.05) is 0 Å². The largest absolute Gasteiger partial charge is 0.349 e. The fourth-order valence-electron chi connectivity index (χ4n) is 3.33. The zero-order chi connectivity index (χ0) is 22.1. The maximum atomic E-state index is 13.3. The molecule has 160 valence electrons. The third-order valence-corrected chi connectivity index (χ3v) is 4.82. The van der Waals surface area contributed by atoms with Gasteiger partial charge in [0, 0.05) is 19.9 Å². The molecule has 3 aromatic rings. The van der Waals surface area contributed by atoms with Crippen molar-refractivity contribution in [3.8, 4) is 0 Å². The van der Waals surface area contributed by atoms with Gasteiger partial charge < -0.3 is 10.3 Å². The van der Waals surface area contributed by atoms with Crippen molar-refractivity contribution in [3.63, 3.8) is 0 Å². The van der Waals surface area contributed by atoms with Crippen molar-refractivity contribution in [3.05, 3.63) is 62.3 Å². The summed E-state index contributed by atoms with van der Waals surface area (Å²) in [7, 11) is 1.51. The van der Waals surface area contributed by atoms with E-state index in [-0.39, 0.29) is 47.2 Å². The average molecular weight is 415 g/mol. The summed E-state index contributed by atoms with van der Waals surface area (Å²) in [5.74, 6) is -0.0632. The summed E-state index contributed by atoms with van der Waals surface area (Å²) in [4.78, 5) is 45.6. The number of halogens is 1. The molecule has 0 aliphatic heterocycles. The second-order valence-corrected chi connectivity index (χ2v) is 8.64. The third kappa shape index (κ3) is 5.03. The number of nitrogens with one attached hydrogen (secondary N) is 3. The minimum absolute atomic E-state index is 0.0448. The number of hydrogen-bond acceptors (Lipinski definition) is 4. The average Bonchev–Trinajstić information content (AvgIpc) is 3.09. The highest BCUT2D eigenvalue weighted by Crippen LogP contribution is 2.29. The van der Waals surface area contributed by atoms with Gasteiger partial charge in [-0.2, -0.15) is 0 Å². The normalized spacial score (nSPS) is 12.8. The van der Waals surface area contributed by atoms with Crippen LogP contribution in [-0.4, -0.2) is 25.4 Å². The van der Waals surface area contributed by atoms with Gasteiger partial charge in [0.15, 0.2) is 5.65 Å². The van der Waals surface area contributed by atoms with E-state index in [4.69, 9.17) is 0 Å². The first kappa shape index (κ1) is 21.5. The number of carbonyl (C=O) groups is 1. The second-order valence-electron chi connectivity index (χ2n) is 8.64. The van der Waals surface area contributed by atoms with E-state index >= 15 is 0 Å². The second kappa shape index (κ2) is 8.25. The highest BCUT2D eigenvalue weighted by atomic mass is 19.1. The lowest BCUT2D eigenvalue weighted by atomic mass is 9.85. The molecule has 8 nitrogen and oxygen atoms in total. The van der Waals surface area contributed by atoms with Crippen LogP contribution in [0.25, 0.3) is 11.2 Å². The van der Waals surface area contributed by atoms with E-state index in [1.165, 1.54) is 23.7 Å². The van der Waals surface area contributed by atoms with E-state index in [1.54, 1.807) is 12.1 Å². The van der Waals surface area contributed by atoms with Gasteiger partial charge in [-0.25, -0.2) is 14.2 Å². The summed E-state index contributed by atoms with van der Waals surface area (Å²) in [6.45, 7) is 6.23. The van der Waals surface area contributed by atoms with Gasteiger partial charge in [-0.05, 0) is 29.5 Å². The number of aromatic amines is 2. The first-order chi connectivity index (χ1) is 14.0. The smallest absolute Gasteiger partial charge is 0.329 e. The molecular weight excluding hydrogens is 389 g/mol. The van der Waals surface area contributed by atoms with Crippen molar-refractivity contribution in [2.24, 2.45) is 12.5 Å². The van der Waals surface area contributed by atoms with Gasteiger partial charge in [-0.1, -0.05) is 32.9 Å². The van der Waals surface area contributed by atoms with Crippen LogP contribution in [0.1, 0.15) is 51.0 Å². The molecule has 1 aromatic carbocycles. The summed E-state index contributed by atoms with van der Waals surface area (Å²) in [5, 5.41) is 3.02. The number of fused-ring (bicyclic) bond motifs is 1. The molecule has 3 N–H and O–H groups in total. The molecule has 1 amide bonds. The zero-order valence-electron chi connectivity index (χ0n) is 17.5. The van der Waals surface area contributed by atoms with Crippen LogP contribution >= 0.6 is 0 Å². The molecular formula is C21H26FN5O3. The molecule has 0 aliphatic rings. The molecule has 9 heteroatoms. The summed E-state index contributed by atoms with van der Waals surface area (Å²) in [6.07, 6.45) is 1.11. The van der Waals surface area contributed by atoms with Crippen LogP contribution in [0, 0.1) is 11.2 Å². The zero-order valence-corrected chi connectivity index (χ0v) is 17.5. The Morgan fingerprint density at radius 2 is 1.87 bits per heavy atom. The van der Waals surface area contributed by atoms with Gasteiger partial charge in [-0.15, -0.1) is 0 Å². The Morgan fingerprint density at radius 1 is 1.20 bits per heavy atom. The number of benzene rings is 1. The fourth-order valence-corrected chi connectivity index (χ4v) is 3.33. The van der Waals surface area contributed by atoms with Gasteiger partial charge in [0.1, 0.15) is 17.2 Å². The van der Waals surface area contributed by atoms with Crippen LogP contribution in [0.2, 0.25) is 0 Å². The van der Waals surface area contributed by atoms with Crippen LogP contribution in [-0.2, 0) is 18.3 Å². The molecule has 0 saturated heterocycles. The first-order valence-electron chi connectivity index (χ1n) is 9.76. The third-order valence-electron chi connectivity index (χ3n) is 4.82. The Bertz CT molecular complexity index is 1170. The van der Waals surface area contributed by atoms with Gasteiger partial charge in [0.05, 0.1) is 6.04 Å². The van der Waals surface area contributed by atoms with Crippen LogP contribution in [0.3, 0.4) is 0 Å². The van der Waals surface area contributed by atoms with Crippen LogP contribution < -0.4 is 16.6 Å². The van der Waals surface area contributed by atoms with Crippen molar-refractivity contribution in [1.82, 2.24) is 24.8 Å². The maximum Gasteiger partial charge on any atom is 0.329 e. The van der Waals surface area contributed by atoms with E-state index in [2.05, 4.69) is 41.0 Å². The van der Waals surface area contributed by atoms with E-state index in [9.17, 15) is 18.8 Å². The Labute approximate surface area is 172 Å². The van der Waals surface area contributed by atoms with Gasteiger partial charge in [0.2, 0.25) is 5.91 Å².